The molecule has 2 N–H and O–H groups in total. The predicted octanol–water partition coefficient (Wildman–Crippen LogP) is 1.68. The minimum Gasteiger partial charge on any atom is -0.375 e. The van der Waals surface area contributed by atoms with E-state index in [1.54, 1.807) is 18.2 Å². The van der Waals surface area contributed by atoms with E-state index in [1.165, 1.54) is 15.6 Å². The van der Waals surface area contributed by atoms with Crippen LogP contribution in [0, 0.1) is 0 Å². The van der Waals surface area contributed by atoms with Crippen LogP contribution in [0.25, 0.3) is 10.2 Å². The lowest BCUT2D eigenvalue weighted by Crippen LogP contribution is -2.48. The largest absolute Gasteiger partial charge is 0.375 e. The van der Waals surface area contributed by atoms with Crippen molar-refractivity contribution in [3.05, 3.63) is 18.2 Å². The van der Waals surface area contributed by atoms with E-state index in [0.29, 0.717) is 18.2 Å². The minimum absolute atomic E-state index is 0.105. The van der Waals surface area contributed by atoms with E-state index in [2.05, 4.69) is 4.98 Å². The van der Waals surface area contributed by atoms with E-state index in [-0.39, 0.29) is 17.1 Å². The first kappa shape index (κ1) is 14.7. The number of morpholine rings is 1. The van der Waals surface area contributed by atoms with Crippen LogP contribution in [0.3, 0.4) is 0 Å². The molecule has 3 rings (SSSR count). The van der Waals surface area contributed by atoms with E-state index in [1.807, 2.05) is 13.8 Å². The Morgan fingerprint density at radius 2 is 2.00 bits per heavy atom. The van der Waals surface area contributed by atoms with Gasteiger partial charge in [-0.3, -0.25) is 0 Å². The third kappa shape index (κ3) is 2.76. The number of fused-ring (bicyclic) bond motifs is 1. The van der Waals surface area contributed by atoms with Crippen molar-refractivity contribution in [1.29, 1.82) is 0 Å². The number of hydrogen-bond acceptors (Lipinski definition) is 6. The predicted molar refractivity (Wildman–Crippen MR) is 82.8 cm³/mol. The highest BCUT2D eigenvalue weighted by Gasteiger charge is 2.32. The molecule has 1 saturated heterocycles. The van der Waals surface area contributed by atoms with E-state index >= 15 is 0 Å². The normalized spacial score (nSPS) is 24.5. The second kappa shape index (κ2) is 5.20. The lowest BCUT2D eigenvalue weighted by molar-refractivity contribution is -0.0440. The Labute approximate surface area is 127 Å². The molecule has 8 heteroatoms. The maximum Gasteiger partial charge on any atom is 0.243 e. The molecule has 2 unspecified atom stereocenters. The average molecular weight is 327 g/mol. The summed E-state index contributed by atoms with van der Waals surface area (Å²) in [4.78, 5) is 4.42. The molecule has 114 valence electrons. The van der Waals surface area contributed by atoms with Crippen molar-refractivity contribution < 1.29 is 13.2 Å². The zero-order valence-corrected chi connectivity index (χ0v) is 13.4. The van der Waals surface area contributed by atoms with Crippen molar-refractivity contribution in [2.24, 2.45) is 0 Å². The van der Waals surface area contributed by atoms with Gasteiger partial charge in [0.1, 0.15) is 0 Å². The van der Waals surface area contributed by atoms with Crippen molar-refractivity contribution in [3.8, 4) is 0 Å². The van der Waals surface area contributed by atoms with Crippen LogP contribution >= 0.6 is 11.3 Å². The van der Waals surface area contributed by atoms with Gasteiger partial charge in [0.25, 0.3) is 0 Å². The zero-order chi connectivity index (χ0) is 15.2. The Hall–Kier alpha value is -1.22. The lowest BCUT2D eigenvalue weighted by atomic mass is 10.3. The van der Waals surface area contributed by atoms with Crippen LogP contribution in [0.15, 0.2) is 23.1 Å². The Balaban J connectivity index is 1.99. The number of aromatic nitrogens is 1. The van der Waals surface area contributed by atoms with Crippen LogP contribution in [0.2, 0.25) is 0 Å². The van der Waals surface area contributed by atoms with Gasteiger partial charge >= 0.3 is 0 Å². The number of rotatable bonds is 2. The average Bonchev–Trinajstić information content (AvgIpc) is 2.76. The first-order valence-corrected chi connectivity index (χ1v) is 8.93. The number of anilines is 1. The molecule has 1 fully saturated rings. The van der Waals surface area contributed by atoms with Crippen LogP contribution in [-0.4, -0.2) is 43.0 Å². The number of benzene rings is 1. The molecular weight excluding hydrogens is 310 g/mol. The van der Waals surface area contributed by atoms with Crippen molar-refractivity contribution in [2.45, 2.75) is 31.0 Å². The lowest BCUT2D eigenvalue weighted by Gasteiger charge is -2.34. The van der Waals surface area contributed by atoms with Crippen molar-refractivity contribution in [1.82, 2.24) is 9.29 Å². The molecule has 1 aromatic carbocycles. The van der Waals surface area contributed by atoms with Gasteiger partial charge in [-0.15, -0.1) is 0 Å². The molecule has 0 amide bonds. The summed E-state index contributed by atoms with van der Waals surface area (Å²) in [6.07, 6.45) is -0.211. The highest BCUT2D eigenvalue weighted by atomic mass is 32.2. The van der Waals surface area contributed by atoms with Gasteiger partial charge in [0.2, 0.25) is 10.0 Å². The number of nitrogens with zero attached hydrogens (tertiary/aromatic N) is 2. The van der Waals surface area contributed by atoms with E-state index in [0.717, 1.165) is 10.2 Å². The van der Waals surface area contributed by atoms with Gasteiger partial charge in [-0.1, -0.05) is 11.3 Å². The Bertz CT molecular complexity index is 762. The highest BCUT2D eigenvalue weighted by Crippen LogP contribution is 2.28. The van der Waals surface area contributed by atoms with Gasteiger partial charge in [0.15, 0.2) is 5.13 Å². The van der Waals surface area contributed by atoms with Gasteiger partial charge in [-0.05, 0) is 32.0 Å². The van der Waals surface area contributed by atoms with Crippen molar-refractivity contribution in [2.75, 3.05) is 18.8 Å². The smallest absolute Gasteiger partial charge is 0.243 e. The molecule has 2 atom stereocenters. The van der Waals surface area contributed by atoms with Gasteiger partial charge < -0.3 is 10.5 Å². The topological polar surface area (TPSA) is 85.5 Å². The first-order valence-electron chi connectivity index (χ1n) is 6.68. The van der Waals surface area contributed by atoms with Crippen LogP contribution in [0.1, 0.15) is 13.8 Å². The third-order valence-corrected chi connectivity index (χ3v) is 6.08. The maximum atomic E-state index is 12.8. The fraction of sp³-hybridized carbons (Fsp3) is 0.462. The second-order valence-corrected chi connectivity index (χ2v) is 8.26. The fourth-order valence-corrected chi connectivity index (χ4v) is 5.02. The number of thiazole rings is 1. The highest BCUT2D eigenvalue weighted by molar-refractivity contribution is 7.89. The molecule has 1 aliphatic heterocycles. The molecular formula is C13H17N3O3S2. The van der Waals surface area contributed by atoms with E-state index in [4.69, 9.17) is 10.5 Å². The van der Waals surface area contributed by atoms with Crippen LogP contribution in [0.4, 0.5) is 5.13 Å². The number of nitrogens with two attached hydrogens (primary N) is 1. The number of nitrogen functional groups attached to an aromatic ring is 1. The van der Waals surface area contributed by atoms with Crippen LogP contribution in [0.5, 0.6) is 0 Å². The maximum absolute atomic E-state index is 12.8. The molecule has 1 aliphatic rings. The molecule has 2 heterocycles. The SMILES string of the molecule is CC1CN(S(=O)(=O)c2ccc3nc(N)sc3c2)CC(C)O1. The summed E-state index contributed by atoms with van der Waals surface area (Å²) in [5.41, 5.74) is 6.38. The molecule has 6 nitrogen and oxygen atoms in total. The minimum atomic E-state index is -3.52. The molecule has 0 radical (unpaired) electrons. The standard InChI is InChI=1S/C13H17N3O3S2/c1-8-6-16(7-9(2)19-8)21(17,18)10-3-4-11-12(5-10)20-13(14)15-11/h3-5,8-9H,6-7H2,1-2H3,(H2,14,15). The van der Waals surface area contributed by atoms with E-state index < -0.39 is 10.0 Å². The number of sulfonamides is 1. The van der Waals surface area contributed by atoms with Gasteiger partial charge in [-0.25, -0.2) is 13.4 Å². The molecule has 2 aromatic rings. The number of ether oxygens (including phenoxy) is 1. The monoisotopic (exact) mass is 327 g/mol. The zero-order valence-electron chi connectivity index (χ0n) is 11.8. The fourth-order valence-electron chi connectivity index (χ4n) is 2.56. The quantitative estimate of drug-likeness (QED) is 0.907. The van der Waals surface area contributed by atoms with Crippen LogP contribution < -0.4 is 5.73 Å². The Kier molecular flexibility index (Phi) is 3.64. The summed E-state index contributed by atoms with van der Waals surface area (Å²) < 4.78 is 33.4. The molecule has 1 aromatic heterocycles. The summed E-state index contributed by atoms with van der Waals surface area (Å²) in [6.45, 7) is 4.50. The van der Waals surface area contributed by atoms with Crippen molar-refractivity contribution >= 4 is 36.7 Å². The van der Waals surface area contributed by atoms with E-state index in [9.17, 15) is 8.42 Å². The Morgan fingerprint density at radius 3 is 2.67 bits per heavy atom. The van der Waals surface area contributed by atoms with Gasteiger partial charge in [-0.2, -0.15) is 4.31 Å². The summed E-state index contributed by atoms with van der Waals surface area (Å²) >= 11 is 1.29. The Morgan fingerprint density at radius 1 is 1.33 bits per heavy atom. The molecule has 0 saturated carbocycles. The summed E-state index contributed by atoms with van der Waals surface area (Å²) in [5.74, 6) is 0. The van der Waals surface area contributed by atoms with Gasteiger partial charge in [0.05, 0.1) is 27.3 Å². The molecule has 0 bridgehead atoms. The summed E-state index contributed by atoms with van der Waals surface area (Å²) in [6, 6.07) is 4.92. The number of hydrogen-bond donors (Lipinski definition) is 1. The summed E-state index contributed by atoms with van der Waals surface area (Å²) in [7, 11) is -3.52. The van der Waals surface area contributed by atoms with Gasteiger partial charge in [0, 0.05) is 13.1 Å². The first-order chi connectivity index (χ1) is 9.86. The van der Waals surface area contributed by atoms with Crippen molar-refractivity contribution in [3.63, 3.8) is 0 Å². The molecule has 0 spiro atoms. The molecule has 0 aliphatic carbocycles. The summed E-state index contributed by atoms with van der Waals surface area (Å²) in [5, 5.41) is 0.438. The molecule has 21 heavy (non-hydrogen) atoms. The van der Waals surface area contributed by atoms with Crippen LogP contribution in [-0.2, 0) is 14.8 Å². The third-order valence-electron chi connectivity index (χ3n) is 3.40. The second-order valence-electron chi connectivity index (χ2n) is 5.26.